The largest absolute Gasteiger partial charge is 0.381 e. The molecule has 1 saturated heterocycles. The average Bonchev–Trinajstić information content (AvgIpc) is 2.72. The lowest BCUT2D eigenvalue weighted by Crippen LogP contribution is -2.49. The molecule has 4 rings (SSSR count). The van der Waals surface area contributed by atoms with Crippen LogP contribution in [0.2, 0.25) is 0 Å². The summed E-state index contributed by atoms with van der Waals surface area (Å²) in [6.45, 7) is 5.34. The Labute approximate surface area is 172 Å². The van der Waals surface area contributed by atoms with Crippen LogP contribution in [0, 0.1) is 6.92 Å². The molecule has 2 aliphatic heterocycles. The number of aliphatic imine (C=N–C) groups is 1. The number of nitrogens with one attached hydrogen (secondary N) is 1. The molecule has 0 radical (unpaired) electrons. The molecule has 1 aromatic heterocycles. The van der Waals surface area contributed by atoms with E-state index in [2.05, 4.69) is 57.7 Å². The fourth-order valence-electron chi connectivity index (χ4n) is 4.35. The maximum Gasteiger partial charge on any atom is 0.143 e. The maximum absolute atomic E-state index is 15.0. The summed E-state index contributed by atoms with van der Waals surface area (Å²) in [4.78, 5) is 9.00. The zero-order valence-electron chi connectivity index (χ0n) is 17.4. The van der Waals surface area contributed by atoms with Gasteiger partial charge in [-0.05, 0) is 30.2 Å². The van der Waals surface area contributed by atoms with Crippen LogP contribution >= 0.6 is 0 Å². The number of ether oxygens (including phenoxy) is 1. The highest BCUT2D eigenvalue weighted by Gasteiger charge is 2.35. The molecular weight excluding hydrogens is 367 g/mol. The Bertz CT molecular complexity index is 894. The fraction of sp³-hybridized carbons (Fsp3) is 0.478. The van der Waals surface area contributed by atoms with Gasteiger partial charge in [0.1, 0.15) is 11.5 Å². The van der Waals surface area contributed by atoms with Crippen LogP contribution in [0.25, 0.3) is 0 Å². The number of hydrogen-bond donors (Lipinski definition) is 1. The van der Waals surface area contributed by atoms with Gasteiger partial charge in [0, 0.05) is 56.5 Å². The first-order valence-electron chi connectivity index (χ1n) is 10.3. The highest BCUT2D eigenvalue weighted by Crippen LogP contribution is 2.38. The van der Waals surface area contributed by atoms with E-state index >= 15 is 4.39 Å². The van der Waals surface area contributed by atoms with E-state index in [1.165, 1.54) is 11.1 Å². The molecule has 1 aromatic carbocycles. The molecule has 0 aliphatic carbocycles. The van der Waals surface area contributed by atoms with Crippen LogP contribution in [0.3, 0.4) is 0 Å². The number of alkyl halides is 1. The number of rotatable bonds is 4. The Balaban J connectivity index is 1.64. The Morgan fingerprint density at radius 1 is 1.31 bits per heavy atom. The normalized spacial score (nSPS) is 24.0. The first-order chi connectivity index (χ1) is 14.0. The molecule has 1 fully saturated rings. The van der Waals surface area contributed by atoms with Crippen molar-refractivity contribution < 1.29 is 9.13 Å². The lowest BCUT2D eigenvalue weighted by molar-refractivity contribution is -0.00319. The van der Waals surface area contributed by atoms with Crippen molar-refractivity contribution >= 4 is 5.84 Å². The second-order valence-electron chi connectivity index (χ2n) is 8.20. The lowest BCUT2D eigenvalue weighted by Gasteiger charge is -2.40. The van der Waals surface area contributed by atoms with E-state index in [4.69, 9.17) is 4.74 Å². The summed E-state index contributed by atoms with van der Waals surface area (Å²) in [7, 11) is 2.03. The second kappa shape index (κ2) is 8.20. The number of halogens is 1. The fourth-order valence-corrected chi connectivity index (χ4v) is 4.35. The quantitative estimate of drug-likeness (QED) is 0.850. The predicted molar refractivity (Wildman–Crippen MR) is 113 cm³/mol. The summed E-state index contributed by atoms with van der Waals surface area (Å²) in [6.07, 6.45) is 2.68. The molecule has 5 nitrogen and oxygen atoms in total. The Hall–Kier alpha value is -2.31. The van der Waals surface area contributed by atoms with E-state index in [-0.39, 0.29) is 18.5 Å². The zero-order chi connectivity index (χ0) is 20.4. The summed E-state index contributed by atoms with van der Waals surface area (Å²) in [5.74, 6) is 0.987. The Morgan fingerprint density at radius 3 is 2.83 bits per heavy atom. The lowest BCUT2D eigenvalue weighted by atomic mass is 9.84. The number of aromatic nitrogens is 1. The molecule has 2 aromatic rings. The third-order valence-corrected chi connectivity index (χ3v) is 6.06. The molecule has 0 bridgehead atoms. The van der Waals surface area contributed by atoms with E-state index in [1.807, 2.05) is 26.2 Å². The van der Waals surface area contributed by atoms with Gasteiger partial charge in [-0.25, -0.2) is 9.40 Å². The van der Waals surface area contributed by atoms with Gasteiger partial charge in [0.05, 0.1) is 12.6 Å². The van der Waals surface area contributed by atoms with E-state index < -0.39 is 5.67 Å². The summed E-state index contributed by atoms with van der Waals surface area (Å²) >= 11 is 0. The minimum atomic E-state index is -1.28. The first-order valence-corrected chi connectivity index (χ1v) is 10.3. The molecule has 0 saturated carbocycles. The number of hydrazine groups is 1. The zero-order valence-corrected chi connectivity index (χ0v) is 17.4. The third-order valence-electron chi connectivity index (χ3n) is 6.06. The molecule has 6 heteroatoms. The van der Waals surface area contributed by atoms with Crippen LogP contribution in [0.1, 0.15) is 54.1 Å². The van der Waals surface area contributed by atoms with E-state index in [0.29, 0.717) is 26.1 Å². The van der Waals surface area contributed by atoms with Gasteiger partial charge in [-0.15, -0.1) is 0 Å². The van der Waals surface area contributed by atoms with Crippen molar-refractivity contribution in [3.05, 3.63) is 65.0 Å². The highest BCUT2D eigenvalue weighted by atomic mass is 19.1. The molecule has 2 aliphatic rings. The van der Waals surface area contributed by atoms with E-state index in [9.17, 15) is 0 Å². The van der Waals surface area contributed by atoms with Gasteiger partial charge in [0.2, 0.25) is 0 Å². The van der Waals surface area contributed by atoms with Crippen molar-refractivity contribution in [1.29, 1.82) is 0 Å². The summed E-state index contributed by atoms with van der Waals surface area (Å²) in [6, 6.07) is 12.6. The van der Waals surface area contributed by atoms with Gasteiger partial charge in [0.15, 0.2) is 0 Å². The van der Waals surface area contributed by atoms with Gasteiger partial charge >= 0.3 is 0 Å². The van der Waals surface area contributed by atoms with Crippen LogP contribution in [0.4, 0.5) is 4.39 Å². The average molecular weight is 397 g/mol. The van der Waals surface area contributed by atoms with Crippen LogP contribution in [-0.2, 0) is 4.74 Å². The number of amidine groups is 1. The molecule has 2 atom stereocenters. The van der Waals surface area contributed by atoms with Gasteiger partial charge in [-0.1, -0.05) is 31.2 Å². The van der Waals surface area contributed by atoms with Crippen molar-refractivity contribution in [2.45, 2.75) is 44.3 Å². The number of likely N-dealkylation sites (N-methyl/N-ethyl adjacent to an activating group) is 1. The number of hydrogen-bond acceptors (Lipinski definition) is 4. The number of nitrogens with zero attached hydrogens (tertiary/aromatic N) is 3. The molecule has 1 N–H and O–H groups in total. The summed E-state index contributed by atoms with van der Waals surface area (Å²) < 4.78 is 20.3. The van der Waals surface area contributed by atoms with Crippen LogP contribution in [0.15, 0.2) is 47.6 Å². The molecule has 29 heavy (non-hydrogen) atoms. The SMILES string of the molecule is Cc1cc(C(C)C2c3ccccc3C(=NCC3(F)CCOCC3)NN2C)ccn1. The highest BCUT2D eigenvalue weighted by molar-refractivity contribution is 6.00. The van der Waals surface area contributed by atoms with Crippen molar-refractivity contribution in [2.75, 3.05) is 26.8 Å². The molecule has 0 amide bonds. The standard InChI is InChI=1S/C23H29FN4O/c1-16-14-18(8-11-25-16)17(2)21-19-6-4-5-7-20(19)22(27-28(21)3)26-15-23(24)9-12-29-13-10-23/h4-8,11,14,17,21H,9-10,12-13,15H2,1-3H3,(H,26,27). The maximum atomic E-state index is 15.0. The number of fused-ring (bicyclic) bond motifs is 1. The van der Waals surface area contributed by atoms with Gasteiger partial charge < -0.3 is 10.2 Å². The van der Waals surface area contributed by atoms with E-state index in [1.54, 1.807) is 0 Å². The van der Waals surface area contributed by atoms with Gasteiger partial charge in [0.25, 0.3) is 0 Å². The molecule has 3 heterocycles. The third kappa shape index (κ3) is 4.19. The Kier molecular flexibility index (Phi) is 5.65. The van der Waals surface area contributed by atoms with Gasteiger partial charge in [-0.3, -0.25) is 9.98 Å². The van der Waals surface area contributed by atoms with Crippen LogP contribution in [-0.4, -0.2) is 48.3 Å². The minimum Gasteiger partial charge on any atom is -0.381 e. The monoisotopic (exact) mass is 396 g/mol. The summed E-state index contributed by atoms with van der Waals surface area (Å²) in [5.41, 5.74) is 6.65. The second-order valence-corrected chi connectivity index (χ2v) is 8.20. The number of aryl methyl sites for hydroxylation is 1. The molecular formula is C23H29FN4O. The Morgan fingerprint density at radius 2 is 2.07 bits per heavy atom. The molecule has 2 unspecified atom stereocenters. The predicted octanol–water partition coefficient (Wildman–Crippen LogP) is 3.95. The first kappa shape index (κ1) is 20.0. The number of pyridine rings is 1. The smallest absolute Gasteiger partial charge is 0.143 e. The molecule has 0 spiro atoms. The number of benzene rings is 1. The topological polar surface area (TPSA) is 49.8 Å². The summed E-state index contributed by atoms with van der Waals surface area (Å²) in [5, 5.41) is 2.09. The van der Waals surface area contributed by atoms with Crippen LogP contribution < -0.4 is 5.43 Å². The molecule has 154 valence electrons. The van der Waals surface area contributed by atoms with Crippen molar-refractivity contribution in [3.8, 4) is 0 Å². The van der Waals surface area contributed by atoms with Crippen molar-refractivity contribution in [1.82, 2.24) is 15.4 Å². The van der Waals surface area contributed by atoms with Gasteiger partial charge in [-0.2, -0.15) is 0 Å². The minimum absolute atomic E-state index is 0.134. The van der Waals surface area contributed by atoms with Crippen LogP contribution in [0.5, 0.6) is 0 Å². The van der Waals surface area contributed by atoms with E-state index in [0.717, 1.165) is 17.1 Å². The van der Waals surface area contributed by atoms with Crippen molar-refractivity contribution in [2.24, 2.45) is 4.99 Å². The van der Waals surface area contributed by atoms with Crippen molar-refractivity contribution in [3.63, 3.8) is 0 Å².